The number of phenols is 1. The van der Waals surface area contributed by atoms with Crippen molar-refractivity contribution < 1.29 is 14.6 Å². The van der Waals surface area contributed by atoms with Crippen LogP contribution in [0.2, 0.25) is 5.02 Å². The van der Waals surface area contributed by atoms with E-state index >= 15 is 0 Å². The van der Waals surface area contributed by atoms with Gasteiger partial charge in [-0.25, -0.2) is 0 Å². The monoisotopic (exact) mass is 333 g/mol. The third-order valence-electron chi connectivity index (χ3n) is 3.46. The molecule has 0 bridgehead atoms. The summed E-state index contributed by atoms with van der Waals surface area (Å²) in [6, 6.07) is 10.4. The molecule has 5 heteroatoms. The molecule has 0 aromatic heterocycles. The number of nitrogens with one attached hydrogen (secondary N) is 1. The van der Waals surface area contributed by atoms with Crippen LogP contribution in [0.4, 0.5) is 5.69 Å². The molecule has 23 heavy (non-hydrogen) atoms. The van der Waals surface area contributed by atoms with Crippen molar-refractivity contribution in [3.05, 3.63) is 52.5 Å². The number of aryl methyl sites for hydroxylation is 1. The molecular formula is C18H20ClNO3. The molecule has 0 aliphatic heterocycles. The first-order valence-electron chi connectivity index (χ1n) is 7.38. The molecule has 4 nitrogen and oxygen atoms in total. The van der Waals surface area contributed by atoms with E-state index in [4.69, 9.17) is 16.3 Å². The van der Waals surface area contributed by atoms with Gasteiger partial charge in [0.1, 0.15) is 11.5 Å². The molecule has 0 radical (unpaired) electrons. The van der Waals surface area contributed by atoms with Crippen LogP contribution < -0.4 is 10.1 Å². The smallest absolute Gasteiger partial charge is 0.262 e. The minimum atomic E-state index is -0.337. The molecular weight excluding hydrogens is 314 g/mol. The van der Waals surface area contributed by atoms with E-state index in [2.05, 4.69) is 5.32 Å². The molecule has 0 aliphatic carbocycles. The Hall–Kier alpha value is -2.20. The number of phenolic OH excluding ortho intramolecular Hbond substituents is 1. The van der Waals surface area contributed by atoms with Gasteiger partial charge in [0.15, 0.2) is 6.61 Å². The fourth-order valence-electron chi connectivity index (χ4n) is 2.12. The fourth-order valence-corrected chi connectivity index (χ4v) is 2.34. The van der Waals surface area contributed by atoms with E-state index in [0.29, 0.717) is 22.4 Å². The van der Waals surface area contributed by atoms with Crippen molar-refractivity contribution >= 4 is 23.2 Å². The van der Waals surface area contributed by atoms with E-state index in [1.165, 1.54) is 0 Å². The van der Waals surface area contributed by atoms with Crippen molar-refractivity contribution in [2.75, 3.05) is 11.9 Å². The third kappa shape index (κ3) is 4.63. The molecule has 2 N–H and O–H groups in total. The average molecular weight is 334 g/mol. The van der Waals surface area contributed by atoms with Crippen LogP contribution in [0.3, 0.4) is 0 Å². The number of carbonyl (C=O) groups is 1. The first-order valence-corrected chi connectivity index (χ1v) is 7.76. The topological polar surface area (TPSA) is 58.6 Å². The number of rotatable bonds is 5. The highest BCUT2D eigenvalue weighted by atomic mass is 35.5. The number of hydrogen-bond acceptors (Lipinski definition) is 3. The lowest BCUT2D eigenvalue weighted by molar-refractivity contribution is -0.118. The molecule has 2 aromatic carbocycles. The van der Waals surface area contributed by atoms with Gasteiger partial charge in [0.2, 0.25) is 0 Å². The SMILES string of the molecule is Cc1cc(Cl)ccc1OCC(=O)Nc1cc(C(C)C)ccc1O. The van der Waals surface area contributed by atoms with Gasteiger partial charge in [0, 0.05) is 5.02 Å². The highest BCUT2D eigenvalue weighted by molar-refractivity contribution is 6.30. The van der Waals surface area contributed by atoms with Crippen LogP contribution in [0.15, 0.2) is 36.4 Å². The maximum absolute atomic E-state index is 12.0. The van der Waals surface area contributed by atoms with Crippen LogP contribution in [-0.4, -0.2) is 17.6 Å². The molecule has 0 heterocycles. The van der Waals surface area contributed by atoms with E-state index in [1.54, 1.807) is 30.3 Å². The lowest BCUT2D eigenvalue weighted by Gasteiger charge is -2.13. The minimum absolute atomic E-state index is 0.0328. The van der Waals surface area contributed by atoms with Gasteiger partial charge in [-0.15, -0.1) is 0 Å². The largest absolute Gasteiger partial charge is 0.506 e. The van der Waals surface area contributed by atoms with Crippen molar-refractivity contribution in [1.29, 1.82) is 0 Å². The number of carbonyl (C=O) groups excluding carboxylic acids is 1. The normalized spacial score (nSPS) is 10.7. The summed E-state index contributed by atoms with van der Waals surface area (Å²) in [5.74, 6) is 0.602. The second kappa shape index (κ2) is 7.38. The number of hydrogen-bond donors (Lipinski definition) is 2. The van der Waals surface area contributed by atoms with Gasteiger partial charge in [-0.2, -0.15) is 0 Å². The molecule has 2 aromatic rings. The molecule has 0 spiro atoms. The molecule has 2 rings (SSSR count). The van der Waals surface area contributed by atoms with Crippen molar-refractivity contribution in [1.82, 2.24) is 0 Å². The van der Waals surface area contributed by atoms with E-state index in [0.717, 1.165) is 11.1 Å². The summed E-state index contributed by atoms with van der Waals surface area (Å²) >= 11 is 5.88. The van der Waals surface area contributed by atoms with Crippen LogP contribution in [-0.2, 0) is 4.79 Å². The first kappa shape index (κ1) is 17.2. The predicted molar refractivity (Wildman–Crippen MR) is 92.5 cm³/mol. The van der Waals surface area contributed by atoms with Crippen LogP contribution in [0, 0.1) is 6.92 Å². The van der Waals surface area contributed by atoms with Crippen molar-refractivity contribution in [2.24, 2.45) is 0 Å². The summed E-state index contributed by atoms with van der Waals surface area (Å²) in [5, 5.41) is 13.1. The molecule has 0 fully saturated rings. The average Bonchev–Trinajstić information content (AvgIpc) is 2.48. The third-order valence-corrected chi connectivity index (χ3v) is 3.69. The lowest BCUT2D eigenvalue weighted by Crippen LogP contribution is -2.20. The summed E-state index contributed by atoms with van der Waals surface area (Å²) in [6.45, 7) is 5.81. The highest BCUT2D eigenvalue weighted by Gasteiger charge is 2.10. The van der Waals surface area contributed by atoms with E-state index < -0.39 is 0 Å². The number of halogens is 1. The number of anilines is 1. The molecule has 1 amide bonds. The number of aromatic hydroxyl groups is 1. The molecule has 0 aliphatic rings. The standard InChI is InChI=1S/C18H20ClNO3/c1-11(2)13-4-6-16(21)15(9-13)20-18(22)10-23-17-7-5-14(19)8-12(17)3/h4-9,11,21H,10H2,1-3H3,(H,20,22). The number of amides is 1. The van der Waals surface area contributed by atoms with Gasteiger partial charge in [-0.1, -0.05) is 31.5 Å². The van der Waals surface area contributed by atoms with E-state index in [9.17, 15) is 9.90 Å². The zero-order chi connectivity index (χ0) is 17.0. The van der Waals surface area contributed by atoms with E-state index in [1.807, 2.05) is 26.8 Å². The van der Waals surface area contributed by atoms with Crippen molar-refractivity contribution in [2.45, 2.75) is 26.7 Å². The van der Waals surface area contributed by atoms with Crippen LogP contribution in [0.1, 0.15) is 30.9 Å². The van der Waals surface area contributed by atoms with Crippen LogP contribution >= 0.6 is 11.6 Å². The first-order chi connectivity index (χ1) is 10.9. The van der Waals surface area contributed by atoms with Crippen molar-refractivity contribution in [3.8, 4) is 11.5 Å². The van der Waals surface area contributed by atoms with Gasteiger partial charge in [-0.05, 0) is 54.3 Å². The van der Waals surface area contributed by atoms with Gasteiger partial charge < -0.3 is 15.2 Å². The minimum Gasteiger partial charge on any atom is -0.506 e. The Labute approximate surface area is 141 Å². The van der Waals surface area contributed by atoms with Gasteiger partial charge in [0.05, 0.1) is 5.69 Å². The molecule has 0 saturated heterocycles. The molecule has 0 atom stereocenters. The number of benzene rings is 2. The predicted octanol–water partition coefficient (Wildman–Crippen LogP) is 4.49. The summed E-state index contributed by atoms with van der Waals surface area (Å²) in [7, 11) is 0. The second-order valence-corrected chi connectivity index (χ2v) is 6.11. The summed E-state index contributed by atoms with van der Waals surface area (Å²) in [6.07, 6.45) is 0. The van der Waals surface area contributed by atoms with Gasteiger partial charge >= 0.3 is 0 Å². The summed E-state index contributed by atoms with van der Waals surface area (Å²) < 4.78 is 5.49. The maximum atomic E-state index is 12.0. The van der Waals surface area contributed by atoms with Gasteiger partial charge in [0.25, 0.3) is 5.91 Å². The Morgan fingerprint density at radius 1 is 1.26 bits per heavy atom. The Morgan fingerprint density at radius 3 is 2.65 bits per heavy atom. The van der Waals surface area contributed by atoms with E-state index in [-0.39, 0.29) is 18.3 Å². The zero-order valence-electron chi connectivity index (χ0n) is 13.4. The molecule has 122 valence electrons. The number of ether oxygens (including phenoxy) is 1. The quantitative estimate of drug-likeness (QED) is 0.792. The highest BCUT2D eigenvalue weighted by Crippen LogP contribution is 2.28. The Morgan fingerprint density at radius 2 is 2.00 bits per heavy atom. The van der Waals surface area contributed by atoms with Gasteiger partial charge in [-0.3, -0.25) is 4.79 Å². The Kier molecular flexibility index (Phi) is 5.50. The van der Waals surface area contributed by atoms with Crippen molar-refractivity contribution in [3.63, 3.8) is 0 Å². The Bertz CT molecular complexity index is 713. The summed E-state index contributed by atoms with van der Waals surface area (Å²) in [5.41, 5.74) is 2.28. The van der Waals surface area contributed by atoms with Crippen LogP contribution in [0.5, 0.6) is 11.5 Å². The molecule has 0 saturated carbocycles. The van der Waals surface area contributed by atoms with Crippen LogP contribution in [0.25, 0.3) is 0 Å². The Balaban J connectivity index is 2.01. The zero-order valence-corrected chi connectivity index (χ0v) is 14.1. The fraction of sp³-hybridized carbons (Fsp3) is 0.278. The lowest BCUT2D eigenvalue weighted by atomic mass is 10.0. The molecule has 0 unspecified atom stereocenters. The maximum Gasteiger partial charge on any atom is 0.262 e. The second-order valence-electron chi connectivity index (χ2n) is 5.68. The summed E-state index contributed by atoms with van der Waals surface area (Å²) in [4.78, 5) is 12.0.